The molecule has 2 aliphatic heterocycles. The number of aliphatic hydroxyl groups excluding tert-OH is 2. The van der Waals surface area contributed by atoms with Crippen LogP contribution in [0.4, 0.5) is 0 Å². The van der Waals surface area contributed by atoms with Crippen LogP contribution >= 0.6 is 0 Å². The van der Waals surface area contributed by atoms with Gasteiger partial charge in [-0.2, -0.15) is 0 Å². The second-order valence-electron chi connectivity index (χ2n) is 19.1. The molecule has 0 aromatic heterocycles. The highest BCUT2D eigenvalue weighted by Crippen LogP contribution is 2.26. The summed E-state index contributed by atoms with van der Waals surface area (Å²) in [5.41, 5.74) is 6.46. The molecule has 27 nitrogen and oxygen atoms in total. The molecule has 8 amide bonds. The monoisotopic (exact) mass is 1070 g/mol. The number of aliphatic hydroxyl groups is 2. The number of aromatic hydroxyl groups is 2. The molecule has 2 aromatic carbocycles. The van der Waals surface area contributed by atoms with Crippen molar-refractivity contribution in [1.82, 2.24) is 41.7 Å². The third kappa shape index (κ3) is 17.1. The predicted octanol–water partition coefficient (Wildman–Crippen LogP) is -3.45. The number of nitrogens with zero attached hydrogens (tertiary/aromatic N) is 2. The lowest BCUT2D eigenvalue weighted by atomic mass is 10.0. The van der Waals surface area contributed by atoms with E-state index in [4.69, 9.17) is 10.8 Å². The molecule has 0 aliphatic carbocycles. The lowest BCUT2D eigenvalue weighted by Crippen LogP contribution is -2.63. The smallest absolute Gasteiger partial charge is 0.326 e. The van der Waals surface area contributed by atoms with Gasteiger partial charge in [-0.15, -0.1) is 0 Å². The highest BCUT2D eigenvalue weighted by atomic mass is 16.4. The Labute approximate surface area is 435 Å². The van der Waals surface area contributed by atoms with Crippen molar-refractivity contribution in [3.8, 4) is 11.5 Å². The average Bonchev–Trinajstić information content (AvgIpc) is 4.05. The van der Waals surface area contributed by atoms with Crippen molar-refractivity contribution in [2.24, 2.45) is 11.7 Å². The van der Waals surface area contributed by atoms with Gasteiger partial charge in [-0.05, 0) is 80.8 Å². The van der Waals surface area contributed by atoms with Gasteiger partial charge in [0, 0.05) is 25.9 Å². The molecule has 0 spiro atoms. The lowest BCUT2D eigenvalue weighted by molar-refractivity contribution is -0.150. The summed E-state index contributed by atoms with van der Waals surface area (Å²) in [6.07, 6.45) is -4.96. The minimum atomic E-state index is -1.87. The fourth-order valence-electron chi connectivity index (χ4n) is 8.68. The minimum absolute atomic E-state index is 0.0107. The Bertz CT molecular complexity index is 2450. The summed E-state index contributed by atoms with van der Waals surface area (Å²) in [7, 11) is 0. The van der Waals surface area contributed by atoms with Crippen LogP contribution in [0.5, 0.6) is 11.5 Å². The number of carbonyl (C=O) groups excluding carboxylic acids is 8. The number of rotatable bonds is 26. The van der Waals surface area contributed by atoms with Gasteiger partial charge < -0.3 is 83.2 Å². The Kier molecular flexibility index (Phi) is 22.0. The van der Waals surface area contributed by atoms with Crippen LogP contribution < -0.4 is 37.6 Å². The molecule has 0 radical (unpaired) electrons. The molecule has 0 saturated carbocycles. The number of nitrogens with two attached hydrogens (primary N) is 1. The number of likely N-dealkylation sites (tertiary alicyclic amines) is 2. The number of carboxylic acids is 3. The molecule has 2 saturated heterocycles. The highest BCUT2D eigenvalue weighted by molar-refractivity contribution is 5.99. The van der Waals surface area contributed by atoms with Crippen LogP contribution in [-0.2, 0) is 65.6 Å². The van der Waals surface area contributed by atoms with Gasteiger partial charge in [0.2, 0.25) is 47.3 Å². The molecule has 15 N–H and O–H groups in total. The standard InChI is InChI=1S/C49H67N9O18/c1-23(2)38(54-41(67)30(50)21-36(63)64)44(70)52-32(22-37(65)66)47(73)58-18-6-8-35(58)48(74)57-17-5-7-34(57)43(69)55-40(25(4)60)46(72)56-39(24(3)59)45(71)51-31(19-26-9-13-28(61)14-10-26)42(68)53-33(49(75)76)20-27-11-15-29(62)16-12-27/h9-16,23-25,30-35,38-40,59-62H,5-8,17-22,50H2,1-4H3,(H,51,71)(H,52,70)(H,53,68)(H,54,67)(H,55,69)(H,56,72)(H,63,64)(H,65,66)(H,75,76)/t24-,25-,30+,31+,32+,33+,34+,35+,38+,39+,40+/m1/s1. The summed E-state index contributed by atoms with van der Waals surface area (Å²) in [6.45, 7) is 5.23. The van der Waals surface area contributed by atoms with Crippen LogP contribution in [0.2, 0.25) is 0 Å². The molecule has 2 heterocycles. The molecule has 2 aliphatic rings. The van der Waals surface area contributed by atoms with Crippen LogP contribution in [0.1, 0.15) is 77.3 Å². The molecule has 11 atom stereocenters. The van der Waals surface area contributed by atoms with Crippen molar-refractivity contribution in [1.29, 1.82) is 0 Å². The number of nitrogens with one attached hydrogen (secondary N) is 6. The number of aliphatic carboxylic acids is 3. The zero-order valence-electron chi connectivity index (χ0n) is 42.2. The first kappa shape index (κ1) is 60.6. The van der Waals surface area contributed by atoms with Crippen molar-refractivity contribution >= 4 is 65.2 Å². The van der Waals surface area contributed by atoms with E-state index in [1.807, 2.05) is 0 Å². The fourth-order valence-corrected chi connectivity index (χ4v) is 8.68. The molecule has 0 bridgehead atoms. The maximum atomic E-state index is 14.3. The number of benzene rings is 2. The second kappa shape index (κ2) is 27.6. The second-order valence-corrected chi connectivity index (χ2v) is 19.1. The van der Waals surface area contributed by atoms with Crippen molar-refractivity contribution in [2.45, 2.75) is 146 Å². The van der Waals surface area contributed by atoms with Gasteiger partial charge in [-0.1, -0.05) is 38.1 Å². The van der Waals surface area contributed by atoms with E-state index in [1.54, 1.807) is 0 Å². The van der Waals surface area contributed by atoms with E-state index in [0.717, 1.165) is 23.6 Å². The summed E-state index contributed by atoms with van der Waals surface area (Å²) >= 11 is 0. The first-order valence-electron chi connectivity index (χ1n) is 24.5. The molecule has 76 heavy (non-hydrogen) atoms. The van der Waals surface area contributed by atoms with Crippen LogP contribution in [-0.4, -0.2) is 190 Å². The van der Waals surface area contributed by atoms with E-state index in [-0.39, 0.29) is 63.1 Å². The number of phenolic OH excluding ortho intramolecular Hbond substituents is 2. The van der Waals surface area contributed by atoms with Gasteiger partial charge in [0.15, 0.2) is 0 Å². The summed E-state index contributed by atoms with van der Waals surface area (Å²) < 4.78 is 0. The maximum Gasteiger partial charge on any atom is 0.326 e. The van der Waals surface area contributed by atoms with Gasteiger partial charge in [0.05, 0.1) is 31.1 Å². The van der Waals surface area contributed by atoms with Crippen molar-refractivity contribution in [3.63, 3.8) is 0 Å². The molecule has 27 heteroatoms. The van der Waals surface area contributed by atoms with Gasteiger partial charge >= 0.3 is 17.9 Å². The molecule has 2 aromatic rings. The number of hydrogen-bond acceptors (Lipinski definition) is 16. The molecule has 4 rings (SSSR count). The van der Waals surface area contributed by atoms with Crippen LogP contribution in [0.15, 0.2) is 48.5 Å². The zero-order chi connectivity index (χ0) is 56.7. The quantitative estimate of drug-likeness (QED) is 0.0436. The first-order valence-corrected chi connectivity index (χ1v) is 24.5. The molecule has 2 fully saturated rings. The fraction of sp³-hybridized carbons (Fsp3) is 0.531. The lowest BCUT2D eigenvalue weighted by Gasteiger charge is -2.34. The summed E-state index contributed by atoms with van der Waals surface area (Å²) in [5.74, 6) is -13.1. The first-order chi connectivity index (χ1) is 35.7. The van der Waals surface area contributed by atoms with Crippen LogP contribution in [0.25, 0.3) is 0 Å². The maximum absolute atomic E-state index is 14.3. The Morgan fingerprint density at radius 2 is 0.974 bits per heavy atom. The Morgan fingerprint density at radius 1 is 0.539 bits per heavy atom. The third-order valence-electron chi connectivity index (χ3n) is 12.8. The number of amides is 8. The minimum Gasteiger partial charge on any atom is -0.508 e. The van der Waals surface area contributed by atoms with Crippen LogP contribution in [0, 0.1) is 5.92 Å². The summed E-state index contributed by atoms with van der Waals surface area (Å²) in [4.78, 5) is 148. The van der Waals surface area contributed by atoms with Crippen molar-refractivity contribution in [3.05, 3.63) is 59.7 Å². The highest BCUT2D eigenvalue weighted by Gasteiger charge is 2.45. The number of phenols is 2. The summed E-state index contributed by atoms with van der Waals surface area (Å²) in [5, 5.41) is 83.9. The molecule has 0 unspecified atom stereocenters. The summed E-state index contributed by atoms with van der Waals surface area (Å²) in [6, 6.07) is -2.99. The number of hydrogen-bond donors (Lipinski definition) is 14. The largest absolute Gasteiger partial charge is 0.508 e. The van der Waals surface area contributed by atoms with Gasteiger partial charge in [0.1, 0.15) is 59.8 Å². The number of carboxylic acid groups (broad SMARTS) is 3. The van der Waals surface area contributed by atoms with Gasteiger partial charge in [-0.25, -0.2) is 4.79 Å². The normalized spacial score (nSPS) is 18.8. The van der Waals surface area contributed by atoms with Gasteiger partial charge in [-0.3, -0.25) is 47.9 Å². The predicted molar refractivity (Wildman–Crippen MR) is 263 cm³/mol. The Hall–Kier alpha value is -7.91. The van der Waals surface area contributed by atoms with E-state index < -0.39 is 151 Å². The molecular formula is C49H67N9O18. The van der Waals surface area contributed by atoms with Crippen LogP contribution in [0.3, 0.4) is 0 Å². The van der Waals surface area contributed by atoms with E-state index in [2.05, 4.69) is 31.9 Å². The zero-order valence-corrected chi connectivity index (χ0v) is 42.2. The van der Waals surface area contributed by atoms with Crippen molar-refractivity contribution in [2.75, 3.05) is 13.1 Å². The molecule has 416 valence electrons. The average molecular weight is 1070 g/mol. The van der Waals surface area contributed by atoms with E-state index in [9.17, 15) is 83.4 Å². The van der Waals surface area contributed by atoms with Crippen molar-refractivity contribution < 1.29 is 88.5 Å². The molecular weight excluding hydrogens is 1000 g/mol. The SMILES string of the molecule is CC(C)[C@H](NC(=O)[C@@H](N)CC(=O)O)C(=O)N[C@@H](CC(=O)O)C(=O)N1CCC[C@H]1C(=O)N1CCC[C@H]1C(=O)N[C@H](C(=O)N[C@H](C(=O)N[C@@H](Cc1ccc(O)cc1)C(=O)N[C@@H](Cc1ccc(O)cc1)C(=O)O)[C@@H](C)O)[C@@H](C)O. The third-order valence-corrected chi connectivity index (χ3v) is 12.8. The van der Waals surface area contributed by atoms with Gasteiger partial charge in [0.25, 0.3) is 0 Å². The van der Waals surface area contributed by atoms with E-state index in [0.29, 0.717) is 11.1 Å². The Balaban J connectivity index is 1.48. The topological polar surface area (TPSA) is 434 Å². The van der Waals surface area contributed by atoms with E-state index in [1.165, 1.54) is 62.4 Å². The van der Waals surface area contributed by atoms with E-state index >= 15 is 0 Å². The Morgan fingerprint density at radius 3 is 1.47 bits per heavy atom. The number of carbonyl (C=O) groups is 11.